The van der Waals surface area contributed by atoms with E-state index in [-0.39, 0.29) is 11.7 Å². The molecule has 76 valence electrons. The summed E-state index contributed by atoms with van der Waals surface area (Å²) in [6.07, 6.45) is 3.35. The number of carbonyl (C=O) groups excluding carboxylic acids is 1. The van der Waals surface area contributed by atoms with Crippen molar-refractivity contribution in [1.29, 1.82) is 0 Å². The van der Waals surface area contributed by atoms with E-state index < -0.39 is 0 Å². The molecular formula is C11H15NO2. The van der Waals surface area contributed by atoms with Crippen molar-refractivity contribution in [3.05, 3.63) is 23.1 Å². The summed E-state index contributed by atoms with van der Waals surface area (Å²) in [6.45, 7) is 7.44. The summed E-state index contributed by atoms with van der Waals surface area (Å²) in [5.74, 6) is 0.895. The van der Waals surface area contributed by atoms with E-state index in [2.05, 4.69) is 5.16 Å². The molecule has 0 radical (unpaired) electrons. The zero-order valence-electron chi connectivity index (χ0n) is 9.00. The molecule has 14 heavy (non-hydrogen) atoms. The van der Waals surface area contributed by atoms with Gasteiger partial charge in [-0.05, 0) is 26.0 Å². The largest absolute Gasteiger partial charge is 0.361 e. The Morgan fingerprint density at radius 3 is 2.50 bits per heavy atom. The van der Waals surface area contributed by atoms with E-state index in [0.29, 0.717) is 0 Å². The first kappa shape index (κ1) is 10.7. The summed E-state index contributed by atoms with van der Waals surface area (Å²) in [5, 5.41) is 3.80. The number of rotatable bonds is 3. The van der Waals surface area contributed by atoms with Gasteiger partial charge in [-0.3, -0.25) is 4.79 Å². The first-order valence-corrected chi connectivity index (χ1v) is 4.67. The van der Waals surface area contributed by atoms with Gasteiger partial charge in [-0.2, -0.15) is 0 Å². The van der Waals surface area contributed by atoms with E-state index in [1.807, 2.05) is 27.7 Å². The van der Waals surface area contributed by atoms with Gasteiger partial charge in [0.1, 0.15) is 5.76 Å². The molecule has 0 aliphatic heterocycles. The van der Waals surface area contributed by atoms with Crippen molar-refractivity contribution in [1.82, 2.24) is 5.16 Å². The molecule has 0 saturated heterocycles. The van der Waals surface area contributed by atoms with Gasteiger partial charge in [0.15, 0.2) is 5.78 Å². The minimum atomic E-state index is 0.0340. The van der Waals surface area contributed by atoms with Crippen molar-refractivity contribution in [2.45, 2.75) is 27.7 Å². The Bertz CT molecular complexity index is 342. The minimum Gasteiger partial charge on any atom is -0.361 e. The van der Waals surface area contributed by atoms with Gasteiger partial charge >= 0.3 is 0 Å². The summed E-state index contributed by atoms with van der Waals surface area (Å²) in [6, 6.07) is 0. The van der Waals surface area contributed by atoms with Crippen molar-refractivity contribution in [2.75, 3.05) is 0 Å². The van der Waals surface area contributed by atoms with Crippen LogP contribution in [0.3, 0.4) is 0 Å². The zero-order valence-corrected chi connectivity index (χ0v) is 9.00. The third-order valence-electron chi connectivity index (χ3n) is 2.07. The van der Waals surface area contributed by atoms with Crippen LogP contribution >= 0.6 is 0 Å². The Hall–Kier alpha value is -1.38. The molecule has 1 heterocycles. The standard InChI is InChI=1S/C11H15NO2/c1-7(2)11(13)6-5-10-8(3)12-14-9(10)4/h5-7H,1-4H3/b6-5+. The third kappa shape index (κ3) is 2.31. The van der Waals surface area contributed by atoms with Crippen molar-refractivity contribution in [3.8, 4) is 0 Å². The summed E-state index contributed by atoms with van der Waals surface area (Å²) in [4.78, 5) is 11.3. The Morgan fingerprint density at radius 2 is 2.07 bits per heavy atom. The number of aryl methyl sites for hydroxylation is 2. The predicted octanol–water partition coefficient (Wildman–Crippen LogP) is 2.53. The van der Waals surface area contributed by atoms with Crippen molar-refractivity contribution >= 4 is 11.9 Å². The van der Waals surface area contributed by atoms with Gasteiger partial charge < -0.3 is 4.52 Å². The second kappa shape index (κ2) is 4.22. The number of nitrogens with zero attached hydrogens (tertiary/aromatic N) is 1. The monoisotopic (exact) mass is 193 g/mol. The van der Waals surface area contributed by atoms with Gasteiger partial charge in [0.2, 0.25) is 0 Å². The number of hydrogen-bond acceptors (Lipinski definition) is 3. The van der Waals surface area contributed by atoms with Gasteiger partial charge in [-0.1, -0.05) is 19.0 Å². The average molecular weight is 193 g/mol. The minimum absolute atomic E-state index is 0.0340. The van der Waals surface area contributed by atoms with Crippen LogP contribution in [-0.4, -0.2) is 10.9 Å². The Kier molecular flexibility index (Phi) is 3.23. The van der Waals surface area contributed by atoms with Gasteiger partial charge in [0.05, 0.1) is 5.69 Å². The molecule has 0 unspecified atom stereocenters. The second-order valence-electron chi connectivity index (χ2n) is 3.63. The lowest BCUT2D eigenvalue weighted by atomic mass is 10.1. The third-order valence-corrected chi connectivity index (χ3v) is 2.07. The van der Waals surface area contributed by atoms with Crippen LogP contribution in [0.25, 0.3) is 6.08 Å². The van der Waals surface area contributed by atoms with Crippen LogP contribution in [-0.2, 0) is 4.79 Å². The maximum atomic E-state index is 11.3. The molecule has 0 atom stereocenters. The molecule has 0 aliphatic rings. The predicted molar refractivity (Wildman–Crippen MR) is 54.9 cm³/mol. The molecule has 0 N–H and O–H groups in total. The van der Waals surface area contributed by atoms with Gasteiger partial charge in [0, 0.05) is 11.5 Å². The van der Waals surface area contributed by atoms with Crippen molar-refractivity contribution in [2.24, 2.45) is 5.92 Å². The summed E-state index contributed by atoms with van der Waals surface area (Å²) >= 11 is 0. The molecule has 3 heteroatoms. The van der Waals surface area contributed by atoms with Gasteiger partial charge in [-0.15, -0.1) is 0 Å². The second-order valence-corrected chi connectivity index (χ2v) is 3.63. The maximum Gasteiger partial charge on any atom is 0.158 e. The number of aromatic nitrogens is 1. The molecule has 1 aromatic heterocycles. The lowest BCUT2D eigenvalue weighted by Gasteiger charge is -1.96. The molecule has 0 fully saturated rings. The van der Waals surface area contributed by atoms with Crippen LogP contribution in [0.4, 0.5) is 0 Å². The smallest absolute Gasteiger partial charge is 0.158 e. The number of hydrogen-bond donors (Lipinski definition) is 0. The van der Waals surface area contributed by atoms with E-state index in [9.17, 15) is 4.79 Å². The van der Waals surface area contributed by atoms with E-state index in [4.69, 9.17) is 4.52 Å². The molecule has 1 aromatic rings. The Labute approximate surface area is 83.8 Å². The maximum absolute atomic E-state index is 11.3. The first-order valence-electron chi connectivity index (χ1n) is 4.67. The average Bonchev–Trinajstić information content (AvgIpc) is 2.43. The first-order chi connectivity index (χ1) is 6.52. The summed E-state index contributed by atoms with van der Waals surface area (Å²) in [5.41, 5.74) is 1.72. The number of ketones is 1. The van der Waals surface area contributed by atoms with Gasteiger partial charge in [0.25, 0.3) is 0 Å². The van der Waals surface area contributed by atoms with Crippen LogP contribution in [0.2, 0.25) is 0 Å². The molecule has 0 spiro atoms. The topological polar surface area (TPSA) is 43.1 Å². The van der Waals surface area contributed by atoms with Gasteiger partial charge in [-0.25, -0.2) is 0 Å². The van der Waals surface area contributed by atoms with Crippen LogP contribution in [0.1, 0.15) is 30.9 Å². The van der Waals surface area contributed by atoms with Crippen LogP contribution in [0, 0.1) is 19.8 Å². The Balaban J connectivity index is 2.83. The highest BCUT2D eigenvalue weighted by Crippen LogP contribution is 2.14. The zero-order chi connectivity index (χ0) is 10.7. The fraction of sp³-hybridized carbons (Fsp3) is 0.455. The molecule has 0 saturated carbocycles. The lowest BCUT2D eigenvalue weighted by molar-refractivity contribution is -0.117. The molecule has 0 amide bonds. The van der Waals surface area contributed by atoms with Crippen LogP contribution in [0.15, 0.2) is 10.6 Å². The molecule has 0 aromatic carbocycles. The quantitative estimate of drug-likeness (QED) is 0.693. The SMILES string of the molecule is Cc1noc(C)c1/C=C/C(=O)C(C)C. The molecule has 1 rings (SSSR count). The normalized spacial score (nSPS) is 11.5. The highest BCUT2D eigenvalue weighted by Gasteiger charge is 2.07. The lowest BCUT2D eigenvalue weighted by Crippen LogP contribution is -2.01. The van der Waals surface area contributed by atoms with Crippen LogP contribution in [0.5, 0.6) is 0 Å². The Morgan fingerprint density at radius 1 is 1.43 bits per heavy atom. The molecule has 3 nitrogen and oxygen atoms in total. The van der Waals surface area contributed by atoms with Crippen LogP contribution < -0.4 is 0 Å². The van der Waals surface area contributed by atoms with E-state index in [1.165, 1.54) is 0 Å². The van der Waals surface area contributed by atoms with E-state index in [0.717, 1.165) is 17.0 Å². The van der Waals surface area contributed by atoms with Crippen molar-refractivity contribution < 1.29 is 9.32 Å². The summed E-state index contributed by atoms with van der Waals surface area (Å²) in [7, 11) is 0. The fourth-order valence-electron chi connectivity index (χ4n) is 1.09. The molecule has 0 bridgehead atoms. The summed E-state index contributed by atoms with van der Waals surface area (Å²) < 4.78 is 4.98. The van der Waals surface area contributed by atoms with E-state index >= 15 is 0 Å². The highest BCUT2D eigenvalue weighted by molar-refractivity contribution is 5.95. The van der Waals surface area contributed by atoms with E-state index in [1.54, 1.807) is 12.2 Å². The number of allylic oxidation sites excluding steroid dienone is 1. The fourth-order valence-corrected chi connectivity index (χ4v) is 1.09. The molecular weight excluding hydrogens is 178 g/mol. The van der Waals surface area contributed by atoms with Crippen molar-refractivity contribution in [3.63, 3.8) is 0 Å². The highest BCUT2D eigenvalue weighted by atomic mass is 16.5. The number of carbonyl (C=O) groups is 1. The molecule has 0 aliphatic carbocycles.